The summed E-state index contributed by atoms with van der Waals surface area (Å²) in [5.74, 6) is 0.456. The summed E-state index contributed by atoms with van der Waals surface area (Å²) in [5.41, 5.74) is 8.28. The molecule has 0 fully saturated rings. The highest BCUT2D eigenvalue weighted by Gasteiger charge is 2.13. The number of nitrogens with two attached hydrogens (primary N) is 1. The third kappa shape index (κ3) is 3.25. The first-order valence-corrected chi connectivity index (χ1v) is 8.09. The van der Waals surface area contributed by atoms with Gasteiger partial charge in [0.1, 0.15) is 0 Å². The summed E-state index contributed by atoms with van der Waals surface area (Å²) in [6.45, 7) is 4.75. The smallest absolute Gasteiger partial charge is 0.0703 e. The van der Waals surface area contributed by atoms with E-state index in [1.54, 1.807) is 18.2 Å². The molecule has 2 aromatic rings. The standard InChI is InChI=1S/C13H16BrN3OS/c1-3-17-11(6-9(2)16-17)8-19(18)13-5-4-10(15)7-12(13)14/h4-7H,3,8,15H2,1-2H3. The van der Waals surface area contributed by atoms with E-state index >= 15 is 0 Å². The van der Waals surface area contributed by atoms with Gasteiger partial charge in [-0.15, -0.1) is 0 Å². The SMILES string of the molecule is CCn1nc(C)cc1CS(=O)c1ccc(N)cc1Br. The summed E-state index contributed by atoms with van der Waals surface area (Å²) >= 11 is 3.41. The van der Waals surface area contributed by atoms with Crippen molar-refractivity contribution >= 4 is 32.4 Å². The van der Waals surface area contributed by atoms with Crippen LogP contribution in [0.25, 0.3) is 0 Å². The van der Waals surface area contributed by atoms with Crippen LogP contribution in [0.4, 0.5) is 5.69 Å². The Morgan fingerprint density at radius 2 is 2.16 bits per heavy atom. The molecule has 0 aliphatic rings. The van der Waals surface area contributed by atoms with Crippen molar-refractivity contribution in [3.63, 3.8) is 0 Å². The number of nitrogens with zero attached hydrogens (tertiary/aromatic N) is 2. The normalized spacial score (nSPS) is 12.6. The predicted molar refractivity (Wildman–Crippen MR) is 81.3 cm³/mol. The molecule has 102 valence electrons. The third-order valence-electron chi connectivity index (χ3n) is 2.77. The summed E-state index contributed by atoms with van der Waals surface area (Å²) in [4.78, 5) is 0.760. The quantitative estimate of drug-likeness (QED) is 0.869. The van der Waals surface area contributed by atoms with E-state index in [1.807, 2.05) is 24.6 Å². The summed E-state index contributed by atoms with van der Waals surface area (Å²) in [6, 6.07) is 7.32. The molecular weight excluding hydrogens is 326 g/mol. The summed E-state index contributed by atoms with van der Waals surface area (Å²) < 4.78 is 15.1. The van der Waals surface area contributed by atoms with E-state index in [-0.39, 0.29) is 0 Å². The highest BCUT2D eigenvalue weighted by Crippen LogP contribution is 2.24. The average molecular weight is 342 g/mol. The first-order chi connectivity index (χ1) is 9.01. The minimum absolute atomic E-state index is 0.456. The molecule has 0 radical (unpaired) electrons. The van der Waals surface area contributed by atoms with Crippen LogP contribution in [0.5, 0.6) is 0 Å². The van der Waals surface area contributed by atoms with Crippen molar-refractivity contribution in [2.24, 2.45) is 0 Å². The lowest BCUT2D eigenvalue weighted by molar-refractivity contribution is 0.627. The fraction of sp³-hybridized carbons (Fsp3) is 0.308. The Morgan fingerprint density at radius 3 is 2.79 bits per heavy atom. The van der Waals surface area contributed by atoms with Crippen molar-refractivity contribution in [3.05, 3.63) is 40.1 Å². The molecule has 4 nitrogen and oxygen atoms in total. The Kier molecular flexibility index (Phi) is 4.42. The highest BCUT2D eigenvalue weighted by atomic mass is 79.9. The van der Waals surface area contributed by atoms with Crippen LogP contribution in [0.1, 0.15) is 18.3 Å². The minimum Gasteiger partial charge on any atom is -0.399 e. The molecule has 0 amide bonds. The molecule has 1 aromatic carbocycles. The van der Waals surface area contributed by atoms with E-state index in [9.17, 15) is 4.21 Å². The number of halogens is 1. The predicted octanol–water partition coefficient (Wildman–Crippen LogP) is 2.86. The van der Waals surface area contributed by atoms with E-state index in [0.717, 1.165) is 27.3 Å². The number of hydrogen-bond acceptors (Lipinski definition) is 3. The molecule has 0 aliphatic heterocycles. The lowest BCUT2D eigenvalue weighted by Gasteiger charge is -2.07. The fourth-order valence-electron chi connectivity index (χ4n) is 1.90. The summed E-state index contributed by atoms with van der Waals surface area (Å²) in [5, 5.41) is 4.36. The second kappa shape index (κ2) is 5.88. The van der Waals surface area contributed by atoms with E-state index < -0.39 is 10.8 Å². The van der Waals surface area contributed by atoms with Crippen LogP contribution in [-0.4, -0.2) is 14.0 Å². The summed E-state index contributed by atoms with van der Waals surface area (Å²) in [7, 11) is -1.12. The monoisotopic (exact) mass is 341 g/mol. The molecule has 0 saturated carbocycles. The number of anilines is 1. The molecule has 2 N–H and O–H groups in total. The lowest BCUT2D eigenvalue weighted by atomic mass is 10.3. The van der Waals surface area contributed by atoms with Gasteiger partial charge in [0, 0.05) is 16.7 Å². The van der Waals surface area contributed by atoms with Crippen molar-refractivity contribution in [3.8, 4) is 0 Å². The van der Waals surface area contributed by atoms with Gasteiger partial charge < -0.3 is 5.73 Å². The first kappa shape index (κ1) is 14.3. The van der Waals surface area contributed by atoms with E-state index in [1.165, 1.54) is 0 Å². The van der Waals surface area contributed by atoms with Crippen LogP contribution < -0.4 is 5.73 Å². The first-order valence-electron chi connectivity index (χ1n) is 5.98. The minimum atomic E-state index is -1.12. The van der Waals surface area contributed by atoms with Gasteiger partial charge in [0.2, 0.25) is 0 Å². The van der Waals surface area contributed by atoms with Gasteiger partial charge in [-0.05, 0) is 54.0 Å². The van der Waals surface area contributed by atoms with Crippen LogP contribution in [0, 0.1) is 6.92 Å². The Bertz CT molecular complexity index is 624. The fourth-order valence-corrected chi connectivity index (χ4v) is 3.99. The van der Waals surface area contributed by atoms with Crippen LogP contribution >= 0.6 is 15.9 Å². The Morgan fingerprint density at radius 1 is 1.42 bits per heavy atom. The van der Waals surface area contributed by atoms with Gasteiger partial charge in [0.15, 0.2) is 0 Å². The number of nitrogen functional groups attached to an aromatic ring is 1. The molecule has 1 aromatic heterocycles. The number of rotatable bonds is 4. The molecule has 2 rings (SSSR count). The second-order valence-electron chi connectivity index (χ2n) is 4.27. The largest absolute Gasteiger partial charge is 0.399 e. The maximum Gasteiger partial charge on any atom is 0.0703 e. The van der Waals surface area contributed by atoms with Crippen LogP contribution in [0.15, 0.2) is 33.6 Å². The third-order valence-corrected chi connectivity index (χ3v) is 5.09. The van der Waals surface area contributed by atoms with Gasteiger partial charge in [-0.1, -0.05) is 0 Å². The van der Waals surface area contributed by atoms with Gasteiger partial charge in [0.05, 0.1) is 32.8 Å². The Labute approximate surface area is 123 Å². The van der Waals surface area contributed by atoms with E-state index in [0.29, 0.717) is 11.4 Å². The zero-order valence-electron chi connectivity index (χ0n) is 10.9. The van der Waals surface area contributed by atoms with Crippen LogP contribution in [-0.2, 0) is 23.1 Å². The average Bonchev–Trinajstić information content (AvgIpc) is 2.69. The molecule has 19 heavy (non-hydrogen) atoms. The van der Waals surface area contributed by atoms with E-state index in [4.69, 9.17) is 5.73 Å². The molecule has 0 saturated heterocycles. The molecule has 6 heteroatoms. The van der Waals surface area contributed by atoms with Crippen molar-refractivity contribution in [1.82, 2.24) is 9.78 Å². The maximum atomic E-state index is 12.4. The van der Waals surface area contributed by atoms with Crippen LogP contribution in [0.2, 0.25) is 0 Å². The molecular formula is C13H16BrN3OS. The molecule has 1 atom stereocenters. The van der Waals surface area contributed by atoms with Crippen molar-refractivity contribution in [2.45, 2.75) is 31.0 Å². The van der Waals surface area contributed by atoms with Crippen molar-refractivity contribution in [1.29, 1.82) is 0 Å². The lowest BCUT2D eigenvalue weighted by Crippen LogP contribution is -2.06. The molecule has 1 heterocycles. The van der Waals surface area contributed by atoms with Gasteiger partial charge in [-0.2, -0.15) is 5.10 Å². The maximum absolute atomic E-state index is 12.4. The van der Waals surface area contributed by atoms with Gasteiger partial charge in [0.25, 0.3) is 0 Å². The number of aryl methyl sites for hydroxylation is 2. The van der Waals surface area contributed by atoms with Gasteiger partial charge in [-0.3, -0.25) is 8.89 Å². The molecule has 0 spiro atoms. The van der Waals surface area contributed by atoms with Crippen molar-refractivity contribution < 1.29 is 4.21 Å². The molecule has 0 aliphatic carbocycles. The zero-order valence-corrected chi connectivity index (χ0v) is 13.3. The second-order valence-corrected chi connectivity index (χ2v) is 6.55. The van der Waals surface area contributed by atoms with Crippen molar-refractivity contribution in [2.75, 3.05) is 5.73 Å². The van der Waals surface area contributed by atoms with Gasteiger partial charge in [-0.25, -0.2) is 0 Å². The number of hydrogen-bond donors (Lipinski definition) is 1. The zero-order chi connectivity index (χ0) is 14.0. The molecule has 1 unspecified atom stereocenters. The van der Waals surface area contributed by atoms with Gasteiger partial charge >= 0.3 is 0 Å². The van der Waals surface area contributed by atoms with E-state index in [2.05, 4.69) is 21.0 Å². The topological polar surface area (TPSA) is 60.9 Å². The highest BCUT2D eigenvalue weighted by molar-refractivity contribution is 9.10. The number of benzene rings is 1. The summed E-state index contributed by atoms with van der Waals surface area (Å²) in [6.07, 6.45) is 0. The Balaban J connectivity index is 2.25. The number of aromatic nitrogens is 2. The van der Waals surface area contributed by atoms with Crippen LogP contribution in [0.3, 0.4) is 0 Å². The molecule has 0 bridgehead atoms. The Hall–Kier alpha value is -1.14.